The quantitative estimate of drug-likeness (QED) is 0.901. The second kappa shape index (κ2) is 5.41. The van der Waals surface area contributed by atoms with Crippen molar-refractivity contribution in [2.24, 2.45) is 0 Å². The van der Waals surface area contributed by atoms with Gasteiger partial charge in [0.2, 0.25) is 0 Å². The SMILES string of the molecule is COc1ccc2c(c1)C(N1CCC([O-])=C(C(=O)O)C1)CC2. The normalized spacial score (nSPS) is 22.2. The number of nitrogens with zero attached hydrogens (tertiary/aromatic N) is 1. The number of benzene rings is 1. The third-order valence-corrected chi connectivity index (χ3v) is 4.42. The summed E-state index contributed by atoms with van der Waals surface area (Å²) >= 11 is 0. The lowest BCUT2D eigenvalue weighted by molar-refractivity contribution is -0.310. The summed E-state index contributed by atoms with van der Waals surface area (Å²) in [7, 11) is 1.64. The van der Waals surface area contributed by atoms with E-state index in [4.69, 9.17) is 9.84 Å². The van der Waals surface area contributed by atoms with Crippen molar-refractivity contribution in [2.75, 3.05) is 20.2 Å². The number of methoxy groups -OCH3 is 1. The molecule has 0 radical (unpaired) electrons. The fourth-order valence-corrected chi connectivity index (χ4v) is 3.28. The molecule has 1 aromatic rings. The molecule has 21 heavy (non-hydrogen) atoms. The van der Waals surface area contributed by atoms with Crippen molar-refractivity contribution in [3.05, 3.63) is 40.7 Å². The van der Waals surface area contributed by atoms with Gasteiger partial charge in [0.15, 0.2) is 0 Å². The first kappa shape index (κ1) is 13.9. The molecular weight excluding hydrogens is 270 g/mol. The second-order valence-electron chi connectivity index (χ2n) is 5.55. The largest absolute Gasteiger partial charge is 0.875 e. The summed E-state index contributed by atoms with van der Waals surface area (Å²) in [5.41, 5.74) is 2.50. The van der Waals surface area contributed by atoms with Gasteiger partial charge in [-0.2, -0.15) is 0 Å². The lowest BCUT2D eigenvalue weighted by Gasteiger charge is -2.36. The van der Waals surface area contributed by atoms with E-state index < -0.39 is 5.97 Å². The van der Waals surface area contributed by atoms with E-state index in [1.165, 1.54) is 11.1 Å². The number of carboxylic acids is 1. The second-order valence-corrected chi connectivity index (χ2v) is 5.55. The summed E-state index contributed by atoms with van der Waals surface area (Å²) in [5.74, 6) is -0.507. The Balaban J connectivity index is 1.86. The zero-order valence-corrected chi connectivity index (χ0v) is 12.0. The maximum absolute atomic E-state index is 11.7. The third kappa shape index (κ3) is 2.49. The van der Waals surface area contributed by atoms with E-state index in [1.54, 1.807) is 7.11 Å². The van der Waals surface area contributed by atoms with Crippen LogP contribution in [-0.4, -0.2) is 36.2 Å². The number of aryl methyl sites for hydroxylation is 1. The highest BCUT2D eigenvalue weighted by Gasteiger charge is 2.31. The van der Waals surface area contributed by atoms with Crippen LogP contribution >= 0.6 is 0 Å². The zero-order chi connectivity index (χ0) is 15.0. The topological polar surface area (TPSA) is 72.8 Å². The molecule has 112 valence electrons. The van der Waals surface area contributed by atoms with E-state index in [1.807, 2.05) is 12.1 Å². The Kier molecular flexibility index (Phi) is 3.59. The van der Waals surface area contributed by atoms with Crippen LogP contribution in [0.4, 0.5) is 0 Å². The first-order valence-electron chi connectivity index (χ1n) is 7.13. The van der Waals surface area contributed by atoms with Gasteiger partial charge in [0.1, 0.15) is 5.75 Å². The molecule has 5 heteroatoms. The number of fused-ring (bicyclic) bond motifs is 1. The first-order valence-corrected chi connectivity index (χ1v) is 7.13. The molecule has 1 heterocycles. The monoisotopic (exact) mass is 288 g/mol. The Hall–Kier alpha value is -2.01. The zero-order valence-electron chi connectivity index (χ0n) is 12.0. The highest BCUT2D eigenvalue weighted by Crippen LogP contribution is 2.39. The van der Waals surface area contributed by atoms with Crippen molar-refractivity contribution < 1.29 is 19.7 Å². The molecule has 2 aliphatic rings. The molecule has 1 N–H and O–H groups in total. The fourth-order valence-electron chi connectivity index (χ4n) is 3.28. The van der Waals surface area contributed by atoms with Gasteiger partial charge in [0.25, 0.3) is 0 Å². The van der Waals surface area contributed by atoms with E-state index in [-0.39, 0.29) is 30.3 Å². The van der Waals surface area contributed by atoms with Crippen molar-refractivity contribution in [2.45, 2.75) is 25.3 Å². The molecule has 0 fully saturated rings. The Morgan fingerprint density at radius 1 is 1.43 bits per heavy atom. The standard InChI is InChI=1S/C16H19NO4/c1-21-11-4-2-10-3-5-14(12(10)8-11)17-7-6-15(18)13(9-17)16(19)20/h2,4,8,14,18H,3,5-7,9H2,1H3,(H,19,20)/p-1. The third-order valence-electron chi connectivity index (χ3n) is 4.42. The van der Waals surface area contributed by atoms with Gasteiger partial charge in [-0.25, -0.2) is 4.79 Å². The average Bonchev–Trinajstić information content (AvgIpc) is 2.90. The number of ether oxygens (including phenoxy) is 1. The minimum Gasteiger partial charge on any atom is -0.875 e. The summed E-state index contributed by atoms with van der Waals surface area (Å²) < 4.78 is 5.28. The summed E-state index contributed by atoms with van der Waals surface area (Å²) in [4.78, 5) is 13.3. The smallest absolute Gasteiger partial charge is 0.331 e. The average molecular weight is 288 g/mol. The van der Waals surface area contributed by atoms with Gasteiger partial charge in [-0.3, -0.25) is 4.90 Å². The summed E-state index contributed by atoms with van der Waals surface area (Å²) in [6.07, 6.45) is 2.23. The van der Waals surface area contributed by atoms with Crippen LogP contribution in [0, 0.1) is 0 Å². The molecule has 0 aromatic heterocycles. The Morgan fingerprint density at radius 2 is 2.24 bits per heavy atom. The van der Waals surface area contributed by atoms with E-state index in [2.05, 4.69) is 11.0 Å². The number of carboxylic acid groups (broad SMARTS) is 1. The van der Waals surface area contributed by atoms with Gasteiger partial charge in [-0.05, 0) is 42.5 Å². The number of hydrogen-bond donors (Lipinski definition) is 1. The number of rotatable bonds is 3. The molecule has 5 nitrogen and oxygen atoms in total. The van der Waals surface area contributed by atoms with Gasteiger partial charge in [-0.1, -0.05) is 6.07 Å². The van der Waals surface area contributed by atoms with Crippen LogP contribution in [0.2, 0.25) is 0 Å². The van der Waals surface area contributed by atoms with Crippen molar-refractivity contribution >= 4 is 5.97 Å². The lowest BCUT2D eigenvalue weighted by Crippen LogP contribution is -2.38. The van der Waals surface area contributed by atoms with Crippen LogP contribution in [0.1, 0.15) is 30.0 Å². The molecule has 0 spiro atoms. The molecular formula is C16H18NO4-. The summed E-state index contributed by atoms with van der Waals surface area (Å²) in [6.45, 7) is 0.854. The van der Waals surface area contributed by atoms with E-state index in [0.717, 1.165) is 18.6 Å². The molecule has 3 rings (SSSR count). The van der Waals surface area contributed by atoms with Gasteiger partial charge in [0, 0.05) is 24.7 Å². The first-order chi connectivity index (χ1) is 10.1. The highest BCUT2D eigenvalue weighted by molar-refractivity contribution is 5.87. The summed E-state index contributed by atoms with van der Waals surface area (Å²) in [6, 6.07) is 6.24. The Bertz CT molecular complexity index is 608. The van der Waals surface area contributed by atoms with E-state index in [0.29, 0.717) is 6.54 Å². The fraction of sp³-hybridized carbons (Fsp3) is 0.438. The Morgan fingerprint density at radius 3 is 2.95 bits per heavy atom. The minimum atomic E-state index is -1.09. The summed E-state index contributed by atoms with van der Waals surface area (Å²) in [5, 5.41) is 20.8. The van der Waals surface area contributed by atoms with E-state index >= 15 is 0 Å². The molecule has 0 saturated heterocycles. The molecule has 1 atom stereocenters. The molecule has 1 aliphatic carbocycles. The van der Waals surface area contributed by atoms with E-state index in [9.17, 15) is 9.90 Å². The van der Waals surface area contributed by atoms with Crippen molar-refractivity contribution in [3.8, 4) is 5.75 Å². The molecule has 0 amide bonds. The van der Waals surface area contributed by atoms with Crippen LogP contribution in [0.3, 0.4) is 0 Å². The van der Waals surface area contributed by atoms with Crippen LogP contribution in [-0.2, 0) is 11.2 Å². The maximum Gasteiger partial charge on any atom is 0.331 e. The molecule has 1 aromatic carbocycles. The van der Waals surface area contributed by atoms with Crippen LogP contribution < -0.4 is 9.84 Å². The molecule has 0 bridgehead atoms. The van der Waals surface area contributed by atoms with Crippen LogP contribution in [0.5, 0.6) is 5.75 Å². The van der Waals surface area contributed by atoms with Crippen molar-refractivity contribution in [1.82, 2.24) is 4.90 Å². The van der Waals surface area contributed by atoms with Gasteiger partial charge >= 0.3 is 5.97 Å². The van der Waals surface area contributed by atoms with Gasteiger partial charge in [0.05, 0.1) is 7.11 Å². The molecule has 1 aliphatic heterocycles. The predicted octanol–water partition coefficient (Wildman–Crippen LogP) is 1.09. The molecule has 0 saturated carbocycles. The highest BCUT2D eigenvalue weighted by atomic mass is 16.5. The van der Waals surface area contributed by atoms with Crippen LogP contribution in [0.25, 0.3) is 0 Å². The lowest BCUT2D eigenvalue weighted by atomic mass is 10.0. The Labute approximate surface area is 123 Å². The number of hydrogen-bond acceptors (Lipinski definition) is 4. The number of aliphatic carboxylic acids is 1. The van der Waals surface area contributed by atoms with Crippen molar-refractivity contribution in [1.29, 1.82) is 0 Å². The van der Waals surface area contributed by atoms with Crippen LogP contribution in [0.15, 0.2) is 29.5 Å². The van der Waals surface area contributed by atoms with Gasteiger partial charge < -0.3 is 14.9 Å². The maximum atomic E-state index is 11.7. The van der Waals surface area contributed by atoms with Crippen molar-refractivity contribution in [3.63, 3.8) is 0 Å². The minimum absolute atomic E-state index is 0.0117. The number of carbonyl (C=O) groups is 1. The van der Waals surface area contributed by atoms with Gasteiger partial charge in [-0.15, -0.1) is 5.76 Å². The predicted molar refractivity (Wildman–Crippen MR) is 74.9 cm³/mol. The molecule has 1 unspecified atom stereocenters.